The summed E-state index contributed by atoms with van der Waals surface area (Å²) >= 11 is 6.47. The van der Waals surface area contributed by atoms with Gasteiger partial charge >= 0.3 is 0 Å². The molecule has 0 unspecified atom stereocenters. The average molecular weight is 584 g/mol. The number of rotatable bonds is 13. The van der Waals surface area contributed by atoms with E-state index in [4.69, 9.17) is 11.6 Å². The lowest BCUT2D eigenvalue weighted by Gasteiger charge is -2.32. The van der Waals surface area contributed by atoms with Crippen LogP contribution in [0.25, 0.3) is 0 Å². The molecule has 9 heteroatoms. The van der Waals surface area contributed by atoms with E-state index in [1.165, 1.54) is 4.31 Å². The van der Waals surface area contributed by atoms with Gasteiger partial charge in [-0.2, -0.15) is 0 Å². The van der Waals surface area contributed by atoms with Crippen LogP contribution in [0, 0.1) is 6.92 Å². The number of nitrogens with zero attached hydrogens (tertiary/aromatic N) is 2. The van der Waals surface area contributed by atoms with Crippen LogP contribution in [0.5, 0.6) is 0 Å². The predicted molar refractivity (Wildman–Crippen MR) is 162 cm³/mol. The van der Waals surface area contributed by atoms with E-state index in [1.807, 2.05) is 75.4 Å². The van der Waals surface area contributed by atoms with Crippen molar-refractivity contribution in [2.75, 3.05) is 17.1 Å². The number of amides is 2. The number of hydrogen-bond acceptors (Lipinski definition) is 4. The molecule has 3 aromatic carbocycles. The highest BCUT2D eigenvalue weighted by atomic mass is 35.5. The van der Waals surface area contributed by atoms with Gasteiger partial charge in [0.25, 0.3) is 0 Å². The zero-order valence-corrected chi connectivity index (χ0v) is 25.1. The van der Waals surface area contributed by atoms with Crippen LogP contribution in [0.4, 0.5) is 5.69 Å². The first-order chi connectivity index (χ1) is 19.0. The van der Waals surface area contributed by atoms with Gasteiger partial charge in [0.1, 0.15) is 6.04 Å². The van der Waals surface area contributed by atoms with E-state index in [1.54, 1.807) is 29.2 Å². The third kappa shape index (κ3) is 9.10. The second-order valence-electron chi connectivity index (χ2n) is 10.3. The third-order valence-electron chi connectivity index (χ3n) is 6.44. The van der Waals surface area contributed by atoms with Gasteiger partial charge in [0.05, 0.1) is 11.9 Å². The molecule has 0 fully saturated rings. The van der Waals surface area contributed by atoms with Gasteiger partial charge in [-0.3, -0.25) is 13.9 Å². The van der Waals surface area contributed by atoms with Crippen molar-refractivity contribution < 1.29 is 18.0 Å². The maximum atomic E-state index is 13.8. The lowest BCUT2D eigenvalue weighted by molar-refractivity contribution is -0.141. The van der Waals surface area contributed by atoms with Crippen molar-refractivity contribution in [1.82, 2.24) is 10.2 Å². The maximum Gasteiger partial charge on any atom is 0.243 e. The molecule has 0 bridgehead atoms. The van der Waals surface area contributed by atoms with Crippen molar-refractivity contribution >= 4 is 39.1 Å². The van der Waals surface area contributed by atoms with Crippen LogP contribution >= 0.6 is 11.6 Å². The molecule has 0 aliphatic heterocycles. The minimum absolute atomic E-state index is 0.0581. The lowest BCUT2D eigenvalue weighted by Crippen LogP contribution is -2.51. The Bertz CT molecular complexity index is 1400. The Morgan fingerprint density at radius 3 is 2.25 bits per heavy atom. The lowest BCUT2D eigenvalue weighted by atomic mass is 10.0. The molecule has 3 aromatic rings. The first kappa shape index (κ1) is 31.2. The Morgan fingerprint density at radius 2 is 1.62 bits per heavy atom. The van der Waals surface area contributed by atoms with Gasteiger partial charge in [0.15, 0.2) is 0 Å². The summed E-state index contributed by atoms with van der Waals surface area (Å²) in [4.78, 5) is 28.9. The Labute approximate surface area is 243 Å². The van der Waals surface area contributed by atoms with Crippen LogP contribution in [-0.4, -0.2) is 50.0 Å². The molecule has 1 atom stereocenters. The number of aryl methyl sites for hydroxylation is 1. The van der Waals surface area contributed by atoms with E-state index in [9.17, 15) is 18.0 Å². The first-order valence-corrected chi connectivity index (χ1v) is 15.6. The number of halogens is 1. The van der Waals surface area contributed by atoms with Crippen molar-refractivity contribution in [1.29, 1.82) is 0 Å². The summed E-state index contributed by atoms with van der Waals surface area (Å²) in [6.45, 7) is 5.94. The van der Waals surface area contributed by atoms with Crippen LogP contribution in [0.3, 0.4) is 0 Å². The van der Waals surface area contributed by atoms with E-state index in [2.05, 4.69) is 5.32 Å². The molecular formula is C31H38ClN3O4S. The average Bonchev–Trinajstić information content (AvgIpc) is 2.89. The topological polar surface area (TPSA) is 86.8 Å². The highest BCUT2D eigenvalue weighted by Crippen LogP contribution is 2.23. The fourth-order valence-electron chi connectivity index (χ4n) is 4.53. The molecule has 0 radical (unpaired) electrons. The summed E-state index contributed by atoms with van der Waals surface area (Å²) in [5, 5.41) is 3.47. The molecule has 7 nitrogen and oxygen atoms in total. The number of carbonyl (C=O) groups excluding carboxylic acids is 2. The number of carbonyl (C=O) groups is 2. The highest BCUT2D eigenvalue weighted by Gasteiger charge is 2.31. The van der Waals surface area contributed by atoms with Gasteiger partial charge in [-0.15, -0.1) is 0 Å². The Morgan fingerprint density at radius 1 is 0.950 bits per heavy atom. The van der Waals surface area contributed by atoms with E-state index < -0.39 is 16.1 Å². The van der Waals surface area contributed by atoms with Crippen molar-refractivity contribution in [3.63, 3.8) is 0 Å². The summed E-state index contributed by atoms with van der Waals surface area (Å²) < 4.78 is 26.5. The van der Waals surface area contributed by atoms with Gasteiger partial charge < -0.3 is 10.2 Å². The molecular weight excluding hydrogens is 546 g/mol. The third-order valence-corrected chi connectivity index (χ3v) is 8.01. The van der Waals surface area contributed by atoms with E-state index in [-0.39, 0.29) is 43.8 Å². The van der Waals surface area contributed by atoms with Crippen LogP contribution in [0.15, 0.2) is 78.9 Å². The minimum Gasteiger partial charge on any atom is -0.352 e. The number of hydrogen-bond donors (Lipinski definition) is 1. The monoisotopic (exact) mass is 583 g/mol. The van der Waals surface area contributed by atoms with Crippen LogP contribution in [0.1, 0.15) is 43.4 Å². The minimum atomic E-state index is -3.56. The van der Waals surface area contributed by atoms with E-state index in [0.29, 0.717) is 17.1 Å². The fraction of sp³-hybridized carbons (Fsp3) is 0.355. The predicted octanol–water partition coefficient (Wildman–Crippen LogP) is 5.36. The SMILES string of the molecule is Cc1cccc(N(CCCC(=O)N(Cc2ccccc2Cl)[C@@H](Cc2ccccc2)C(=O)NC(C)C)S(C)(=O)=O)c1. The fourth-order valence-corrected chi connectivity index (χ4v) is 5.68. The summed E-state index contributed by atoms with van der Waals surface area (Å²) in [6, 6.07) is 23.2. The zero-order valence-electron chi connectivity index (χ0n) is 23.5. The Hall–Kier alpha value is -3.36. The second kappa shape index (κ2) is 14.3. The summed E-state index contributed by atoms with van der Waals surface area (Å²) in [6.07, 6.45) is 1.83. The number of benzene rings is 3. The summed E-state index contributed by atoms with van der Waals surface area (Å²) in [5.41, 5.74) is 3.14. The van der Waals surface area contributed by atoms with Gasteiger partial charge in [0, 0.05) is 37.0 Å². The zero-order chi connectivity index (χ0) is 29.3. The Balaban J connectivity index is 1.89. The molecule has 0 aliphatic rings. The molecule has 0 heterocycles. The molecule has 1 N–H and O–H groups in total. The molecule has 214 valence electrons. The molecule has 0 aliphatic carbocycles. The standard InChI is InChI=1S/C31H38ClN3O4S/c1-23(2)33-31(37)29(21-25-13-6-5-7-14-25)34(22-26-15-8-9-17-28(26)32)30(36)18-11-19-35(40(4,38)39)27-16-10-12-24(3)20-27/h5-10,12-17,20,23,29H,11,18-19,21-22H2,1-4H3,(H,33,37)/t29-/m0/s1. The van der Waals surface area contributed by atoms with Crippen LogP contribution in [0.2, 0.25) is 5.02 Å². The van der Waals surface area contributed by atoms with Gasteiger partial charge in [0.2, 0.25) is 21.8 Å². The number of anilines is 1. The molecule has 0 aromatic heterocycles. The molecule has 0 spiro atoms. The van der Waals surface area contributed by atoms with Gasteiger partial charge in [-0.25, -0.2) is 8.42 Å². The molecule has 40 heavy (non-hydrogen) atoms. The maximum absolute atomic E-state index is 13.8. The second-order valence-corrected chi connectivity index (χ2v) is 12.6. The number of sulfonamides is 1. The van der Waals surface area contributed by atoms with Gasteiger partial charge in [-0.1, -0.05) is 72.3 Å². The number of nitrogens with one attached hydrogen (secondary N) is 1. The molecule has 0 saturated carbocycles. The summed E-state index contributed by atoms with van der Waals surface area (Å²) in [5.74, 6) is -0.505. The highest BCUT2D eigenvalue weighted by molar-refractivity contribution is 7.92. The van der Waals surface area contributed by atoms with E-state index in [0.717, 1.165) is 22.9 Å². The molecule has 3 rings (SSSR count). The quantitative estimate of drug-likeness (QED) is 0.293. The molecule has 0 saturated heterocycles. The smallest absolute Gasteiger partial charge is 0.243 e. The largest absolute Gasteiger partial charge is 0.352 e. The molecule has 2 amide bonds. The van der Waals surface area contributed by atoms with E-state index >= 15 is 0 Å². The van der Waals surface area contributed by atoms with Gasteiger partial charge in [-0.05, 0) is 62.1 Å². The Kier molecular flexibility index (Phi) is 11.2. The van der Waals surface area contributed by atoms with Crippen LogP contribution in [-0.2, 0) is 32.6 Å². The van der Waals surface area contributed by atoms with Crippen molar-refractivity contribution in [3.05, 3.63) is 101 Å². The van der Waals surface area contributed by atoms with Crippen molar-refractivity contribution in [3.8, 4) is 0 Å². The normalized spacial score (nSPS) is 12.2. The van der Waals surface area contributed by atoms with Crippen molar-refractivity contribution in [2.24, 2.45) is 0 Å². The summed E-state index contributed by atoms with van der Waals surface area (Å²) in [7, 11) is -3.56. The first-order valence-electron chi connectivity index (χ1n) is 13.4. The van der Waals surface area contributed by atoms with Crippen molar-refractivity contribution in [2.45, 2.75) is 58.7 Å². The van der Waals surface area contributed by atoms with Crippen LogP contribution < -0.4 is 9.62 Å².